The molecule has 3 rings (SSSR count). The lowest BCUT2D eigenvalue weighted by Crippen LogP contribution is -2.26. The third-order valence-corrected chi connectivity index (χ3v) is 5.10. The molecule has 31 heavy (non-hydrogen) atoms. The summed E-state index contributed by atoms with van der Waals surface area (Å²) in [4.78, 5) is 11.3. The summed E-state index contributed by atoms with van der Waals surface area (Å²) in [7, 11) is 0. The van der Waals surface area contributed by atoms with Gasteiger partial charge in [0.25, 0.3) is 0 Å². The lowest BCUT2D eigenvalue weighted by molar-refractivity contribution is -0.149. The molecule has 0 bridgehead atoms. The van der Waals surface area contributed by atoms with Crippen molar-refractivity contribution in [1.82, 2.24) is 0 Å². The van der Waals surface area contributed by atoms with Crippen molar-refractivity contribution in [3.8, 4) is 5.75 Å². The molecule has 3 aromatic rings. The van der Waals surface area contributed by atoms with Crippen molar-refractivity contribution in [3.63, 3.8) is 0 Å². The van der Waals surface area contributed by atoms with Gasteiger partial charge in [0.1, 0.15) is 12.4 Å². The molecule has 1 N–H and O–H groups in total. The summed E-state index contributed by atoms with van der Waals surface area (Å²) >= 11 is 6.43. The summed E-state index contributed by atoms with van der Waals surface area (Å²) in [5.74, 6) is -0.254. The number of hydrogen-bond acceptors (Lipinski definition) is 3. The average molecular weight is 437 g/mol. The summed E-state index contributed by atoms with van der Waals surface area (Å²) in [5.41, 5.74) is 3.89. The minimum atomic E-state index is -0.958. The fourth-order valence-corrected chi connectivity index (χ4v) is 3.49. The van der Waals surface area contributed by atoms with Gasteiger partial charge in [-0.05, 0) is 47.9 Å². The van der Waals surface area contributed by atoms with Gasteiger partial charge in [-0.1, -0.05) is 72.3 Å². The molecular formula is C26H25ClO4. The van der Waals surface area contributed by atoms with Crippen LogP contribution in [-0.2, 0) is 16.0 Å². The molecule has 0 aliphatic rings. The van der Waals surface area contributed by atoms with Crippen molar-refractivity contribution < 1.29 is 19.4 Å². The van der Waals surface area contributed by atoms with Gasteiger partial charge in [-0.3, -0.25) is 0 Å². The summed E-state index contributed by atoms with van der Waals surface area (Å²) in [6, 6.07) is 25.2. The van der Waals surface area contributed by atoms with E-state index in [9.17, 15) is 9.90 Å². The Kier molecular flexibility index (Phi) is 8.27. The Morgan fingerprint density at radius 3 is 2.32 bits per heavy atom. The monoisotopic (exact) mass is 436 g/mol. The second-order valence-electron chi connectivity index (χ2n) is 6.90. The SMILES string of the molecule is CCOC(Cc1ccc(OC/C=C(\c2ccccc2)c2ccccc2Cl)cc1)C(=O)O. The zero-order chi connectivity index (χ0) is 22.1. The van der Waals surface area contributed by atoms with Crippen LogP contribution < -0.4 is 4.74 Å². The molecule has 3 aromatic carbocycles. The third kappa shape index (κ3) is 6.45. The lowest BCUT2D eigenvalue weighted by atomic mass is 9.97. The average Bonchev–Trinajstić information content (AvgIpc) is 2.79. The summed E-state index contributed by atoms with van der Waals surface area (Å²) in [6.45, 7) is 2.51. The van der Waals surface area contributed by atoms with Crippen molar-refractivity contribution in [2.24, 2.45) is 0 Å². The molecule has 1 unspecified atom stereocenters. The van der Waals surface area contributed by atoms with E-state index in [1.54, 1.807) is 6.92 Å². The van der Waals surface area contributed by atoms with Crippen molar-refractivity contribution in [2.75, 3.05) is 13.2 Å². The number of benzene rings is 3. The maximum Gasteiger partial charge on any atom is 0.333 e. The van der Waals surface area contributed by atoms with Gasteiger partial charge in [0.05, 0.1) is 0 Å². The molecule has 0 aliphatic heterocycles. The largest absolute Gasteiger partial charge is 0.490 e. The van der Waals surface area contributed by atoms with E-state index in [-0.39, 0.29) is 0 Å². The molecule has 0 saturated heterocycles. The fourth-order valence-electron chi connectivity index (χ4n) is 3.26. The van der Waals surface area contributed by atoms with Crippen molar-refractivity contribution in [1.29, 1.82) is 0 Å². The summed E-state index contributed by atoms with van der Waals surface area (Å²) in [5, 5.41) is 9.91. The highest BCUT2D eigenvalue weighted by Crippen LogP contribution is 2.29. The number of halogens is 1. The molecule has 0 heterocycles. The Balaban J connectivity index is 1.71. The van der Waals surface area contributed by atoms with Crippen LogP contribution in [0, 0.1) is 0 Å². The predicted molar refractivity (Wildman–Crippen MR) is 124 cm³/mol. The van der Waals surface area contributed by atoms with E-state index in [1.165, 1.54) is 0 Å². The smallest absolute Gasteiger partial charge is 0.333 e. The van der Waals surface area contributed by atoms with Crippen LogP contribution in [0.3, 0.4) is 0 Å². The highest BCUT2D eigenvalue weighted by atomic mass is 35.5. The Morgan fingerprint density at radius 2 is 1.68 bits per heavy atom. The Morgan fingerprint density at radius 1 is 1.00 bits per heavy atom. The first-order valence-electron chi connectivity index (χ1n) is 10.1. The van der Waals surface area contributed by atoms with Crippen LogP contribution in [0.4, 0.5) is 0 Å². The molecule has 5 heteroatoms. The van der Waals surface area contributed by atoms with Gasteiger partial charge >= 0.3 is 5.97 Å². The topological polar surface area (TPSA) is 55.8 Å². The first kappa shape index (κ1) is 22.6. The fraction of sp³-hybridized carbons (Fsp3) is 0.192. The molecule has 0 spiro atoms. The van der Waals surface area contributed by atoms with Gasteiger partial charge in [0.15, 0.2) is 6.10 Å². The van der Waals surface area contributed by atoms with Crippen LogP contribution in [0.1, 0.15) is 23.6 Å². The first-order chi connectivity index (χ1) is 15.1. The van der Waals surface area contributed by atoms with Crippen molar-refractivity contribution in [2.45, 2.75) is 19.4 Å². The summed E-state index contributed by atoms with van der Waals surface area (Å²) in [6.07, 6.45) is 1.48. The molecule has 0 aromatic heterocycles. The van der Waals surface area contributed by atoms with Gasteiger partial charge < -0.3 is 14.6 Å². The maximum atomic E-state index is 11.3. The van der Waals surface area contributed by atoms with E-state index in [1.807, 2.05) is 84.9 Å². The zero-order valence-corrected chi connectivity index (χ0v) is 18.1. The van der Waals surface area contributed by atoms with E-state index < -0.39 is 12.1 Å². The second kappa shape index (κ2) is 11.3. The molecule has 1 atom stereocenters. The summed E-state index contributed by atoms with van der Waals surface area (Å²) < 4.78 is 11.2. The number of rotatable bonds is 10. The molecule has 0 radical (unpaired) electrons. The lowest BCUT2D eigenvalue weighted by Gasteiger charge is -2.13. The maximum absolute atomic E-state index is 11.3. The highest BCUT2D eigenvalue weighted by Gasteiger charge is 2.17. The van der Waals surface area contributed by atoms with Gasteiger partial charge in [0.2, 0.25) is 0 Å². The molecule has 0 aliphatic carbocycles. The van der Waals surface area contributed by atoms with E-state index in [0.717, 1.165) is 22.3 Å². The molecule has 0 saturated carbocycles. The number of carboxylic acid groups (broad SMARTS) is 1. The number of carboxylic acids is 1. The minimum absolute atomic E-state index is 0.314. The molecule has 160 valence electrons. The first-order valence-corrected chi connectivity index (χ1v) is 10.5. The van der Waals surface area contributed by atoms with E-state index in [2.05, 4.69) is 0 Å². The van der Waals surface area contributed by atoms with Crippen LogP contribution in [0.5, 0.6) is 5.75 Å². The van der Waals surface area contributed by atoms with Gasteiger partial charge in [-0.2, -0.15) is 0 Å². The molecule has 4 nitrogen and oxygen atoms in total. The van der Waals surface area contributed by atoms with E-state index >= 15 is 0 Å². The number of ether oxygens (including phenoxy) is 2. The van der Waals surface area contributed by atoms with Crippen molar-refractivity contribution in [3.05, 3.63) is 107 Å². The van der Waals surface area contributed by atoms with Crippen LogP contribution >= 0.6 is 11.6 Å². The molecular weight excluding hydrogens is 412 g/mol. The Hall–Kier alpha value is -3.08. The Labute approximate surface area is 187 Å². The molecule has 0 amide bonds. The number of aliphatic carboxylic acids is 1. The van der Waals surface area contributed by atoms with Gasteiger partial charge in [-0.25, -0.2) is 4.79 Å². The van der Waals surface area contributed by atoms with Gasteiger partial charge in [-0.15, -0.1) is 0 Å². The van der Waals surface area contributed by atoms with Crippen LogP contribution in [0.2, 0.25) is 5.02 Å². The van der Waals surface area contributed by atoms with Crippen LogP contribution in [-0.4, -0.2) is 30.4 Å². The van der Waals surface area contributed by atoms with E-state index in [0.29, 0.717) is 30.4 Å². The van der Waals surface area contributed by atoms with E-state index in [4.69, 9.17) is 21.1 Å². The van der Waals surface area contributed by atoms with Crippen LogP contribution in [0.15, 0.2) is 84.9 Å². The van der Waals surface area contributed by atoms with Crippen LogP contribution in [0.25, 0.3) is 5.57 Å². The predicted octanol–water partition coefficient (Wildman–Crippen LogP) is 5.88. The highest BCUT2D eigenvalue weighted by molar-refractivity contribution is 6.32. The Bertz CT molecular complexity index is 1010. The zero-order valence-electron chi connectivity index (χ0n) is 17.3. The quantitative estimate of drug-likeness (QED) is 0.431. The van der Waals surface area contributed by atoms with Gasteiger partial charge in [0, 0.05) is 23.6 Å². The standard InChI is InChI=1S/C26H25ClO4/c1-2-30-25(26(28)29)18-19-12-14-21(15-13-19)31-17-16-22(20-8-4-3-5-9-20)23-10-6-7-11-24(23)27/h3-16,25H,2,17-18H2,1H3,(H,28,29)/b22-16+. The minimum Gasteiger partial charge on any atom is -0.490 e. The molecule has 0 fully saturated rings. The second-order valence-corrected chi connectivity index (χ2v) is 7.31. The normalized spacial score (nSPS) is 12.4. The third-order valence-electron chi connectivity index (χ3n) is 4.77. The number of hydrogen-bond donors (Lipinski definition) is 1. The van der Waals surface area contributed by atoms with Crippen molar-refractivity contribution >= 4 is 23.1 Å². The number of carbonyl (C=O) groups is 1.